The third-order valence-electron chi connectivity index (χ3n) is 13.5. The molecule has 2 aliphatic heterocycles. The summed E-state index contributed by atoms with van der Waals surface area (Å²) in [5, 5.41) is 20.3. The van der Waals surface area contributed by atoms with Crippen LogP contribution in [-0.2, 0) is 0 Å². The molecule has 4 amide bonds. The van der Waals surface area contributed by atoms with Crippen LogP contribution in [0.25, 0.3) is 90.9 Å². The number of aromatic amines is 2. The molecule has 0 saturated heterocycles. The molecule has 0 fully saturated rings. The average Bonchev–Trinajstić information content (AvgIpc) is 4.38. The van der Waals surface area contributed by atoms with Crippen molar-refractivity contribution in [2.75, 3.05) is 21.3 Å². The summed E-state index contributed by atoms with van der Waals surface area (Å²) < 4.78 is 0. The van der Waals surface area contributed by atoms with E-state index in [2.05, 4.69) is 31.2 Å². The predicted octanol–water partition coefficient (Wildman–Crippen LogP) is 16.6. The first-order valence-electron chi connectivity index (χ1n) is 25.2. The number of anilines is 4. The molecule has 16 heteroatoms. The average molecular weight is 1120 g/mol. The van der Waals surface area contributed by atoms with Crippen molar-refractivity contribution in [3.63, 3.8) is 0 Å². The zero-order valence-electron chi connectivity index (χ0n) is 41.9. The van der Waals surface area contributed by atoms with Crippen molar-refractivity contribution >= 4 is 138 Å². The van der Waals surface area contributed by atoms with Gasteiger partial charge in [0.05, 0.1) is 42.3 Å². The molecule has 13 rings (SSSR count). The number of benzene rings is 4. The van der Waals surface area contributed by atoms with Crippen molar-refractivity contribution in [1.29, 1.82) is 0 Å². The van der Waals surface area contributed by atoms with Crippen molar-refractivity contribution in [3.05, 3.63) is 234 Å². The molecule has 0 unspecified atom stereocenters. The summed E-state index contributed by atoms with van der Waals surface area (Å²) >= 11 is 5.42. The van der Waals surface area contributed by atoms with Gasteiger partial charge in [-0.2, -0.15) is 0 Å². The standard InChI is InChI=1S/C64H42N8O4S4/c73-61(53-21-9-33-77-53)69-41-17-5-1-13-37(41)57-45-25-27-47(65-45)58(38-14-2-6-18-42(38)70-62(74)54-22-10-34-78-54)49-29-31-51(67-49)60(40-16-4-8-20-44(40)72-64(76)56-24-12-36-80-56)52-32-30-50(68-52)59(48-28-26-46(57)66-48)39-15-3-7-19-43(39)71-63(75)55-23-11-35-79-55/h1-36,65,68H,(H,69,73)(H,70,74)(H,71,75)(H,72,76). The fraction of sp³-hybridized carbons (Fsp3) is 0. The first-order chi connectivity index (χ1) is 39.3. The molecular weight excluding hydrogens is 1070 g/mol. The third kappa shape index (κ3) is 9.69. The van der Waals surface area contributed by atoms with Gasteiger partial charge in [-0.25, -0.2) is 9.97 Å². The van der Waals surface area contributed by atoms with Crippen LogP contribution in [0.4, 0.5) is 22.7 Å². The summed E-state index contributed by atoms with van der Waals surface area (Å²) in [6, 6.07) is 53.2. The highest BCUT2D eigenvalue weighted by Gasteiger charge is 2.24. The summed E-state index contributed by atoms with van der Waals surface area (Å²) in [6.45, 7) is 0. The van der Waals surface area contributed by atoms with E-state index in [0.29, 0.717) is 132 Å². The van der Waals surface area contributed by atoms with Crippen LogP contribution in [-0.4, -0.2) is 43.6 Å². The Labute approximate surface area is 473 Å². The van der Waals surface area contributed by atoms with Crippen molar-refractivity contribution in [1.82, 2.24) is 19.9 Å². The second-order valence-corrected chi connectivity index (χ2v) is 22.2. The van der Waals surface area contributed by atoms with Gasteiger partial charge in [0.25, 0.3) is 23.6 Å². The van der Waals surface area contributed by atoms with E-state index in [4.69, 9.17) is 9.97 Å². The summed E-state index contributed by atoms with van der Waals surface area (Å²) in [5.74, 6) is -0.991. The summed E-state index contributed by atoms with van der Waals surface area (Å²) in [7, 11) is 0. The minimum atomic E-state index is -0.248. The van der Waals surface area contributed by atoms with Gasteiger partial charge >= 0.3 is 0 Å². The number of rotatable bonds is 12. The van der Waals surface area contributed by atoms with E-state index in [-0.39, 0.29) is 23.6 Å². The van der Waals surface area contributed by atoms with Crippen LogP contribution in [0.3, 0.4) is 0 Å². The lowest BCUT2D eigenvalue weighted by Gasteiger charge is -2.14. The number of carbonyl (C=O) groups excluding carboxylic acids is 4. The smallest absolute Gasteiger partial charge is 0.265 e. The van der Waals surface area contributed by atoms with E-state index in [0.717, 1.165) is 0 Å². The first kappa shape index (κ1) is 49.7. The number of H-pyrrole nitrogens is 2. The number of carbonyl (C=O) groups is 4. The van der Waals surface area contributed by atoms with Gasteiger partial charge in [0.1, 0.15) is 0 Å². The lowest BCUT2D eigenvalue weighted by molar-refractivity contribution is 0.102. The van der Waals surface area contributed by atoms with Gasteiger partial charge in [0.2, 0.25) is 0 Å². The molecule has 8 bridgehead atoms. The molecule has 6 N–H and O–H groups in total. The van der Waals surface area contributed by atoms with Crippen LogP contribution in [0.5, 0.6) is 0 Å². The van der Waals surface area contributed by atoms with Crippen molar-refractivity contribution < 1.29 is 19.2 Å². The fourth-order valence-corrected chi connectivity index (χ4v) is 12.4. The molecule has 0 saturated carbocycles. The van der Waals surface area contributed by atoms with E-state index >= 15 is 0 Å². The highest BCUT2D eigenvalue weighted by molar-refractivity contribution is 7.13. The van der Waals surface area contributed by atoms with E-state index in [1.54, 1.807) is 24.3 Å². The van der Waals surface area contributed by atoms with E-state index in [1.807, 2.05) is 191 Å². The number of hydrogen-bond acceptors (Lipinski definition) is 10. The number of nitrogens with zero attached hydrogens (tertiary/aromatic N) is 2. The van der Waals surface area contributed by atoms with Crippen LogP contribution in [0.1, 0.15) is 61.5 Å². The Bertz CT molecular complexity index is 3900. The molecule has 11 aromatic rings. The van der Waals surface area contributed by atoms with Crippen molar-refractivity contribution in [3.8, 4) is 44.5 Å². The number of amides is 4. The molecule has 7 aromatic heterocycles. The van der Waals surface area contributed by atoms with Crippen molar-refractivity contribution in [2.45, 2.75) is 0 Å². The maximum Gasteiger partial charge on any atom is 0.265 e. The maximum atomic E-state index is 13.9. The number of thiophene rings is 4. The van der Waals surface area contributed by atoms with Gasteiger partial charge in [-0.15, -0.1) is 45.3 Å². The molecule has 80 heavy (non-hydrogen) atoms. The molecule has 386 valence electrons. The second kappa shape index (κ2) is 21.5. The summed E-state index contributed by atoms with van der Waals surface area (Å²) in [6.07, 6.45) is 7.86. The first-order valence-corrected chi connectivity index (χ1v) is 28.8. The quantitative estimate of drug-likeness (QED) is 0.0710. The minimum Gasteiger partial charge on any atom is -0.354 e. The molecule has 0 atom stereocenters. The monoisotopic (exact) mass is 1110 g/mol. The topological polar surface area (TPSA) is 174 Å². The number of aromatic nitrogens is 4. The number of para-hydroxylation sites is 4. The Hall–Kier alpha value is -9.84. The van der Waals surface area contributed by atoms with E-state index < -0.39 is 0 Å². The Kier molecular flexibility index (Phi) is 13.4. The molecule has 0 aliphatic carbocycles. The van der Waals surface area contributed by atoms with Crippen molar-refractivity contribution in [2.24, 2.45) is 0 Å². The molecular formula is C64H42N8O4S4. The second-order valence-electron chi connectivity index (χ2n) is 18.4. The van der Waals surface area contributed by atoms with Crippen LogP contribution in [0.15, 0.2) is 191 Å². The lowest BCUT2D eigenvalue weighted by Crippen LogP contribution is -2.11. The third-order valence-corrected chi connectivity index (χ3v) is 17.0. The number of nitrogens with one attached hydrogen (secondary N) is 6. The lowest BCUT2D eigenvalue weighted by atomic mass is 10.0. The predicted molar refractivity (Wildman–Crippen MR) is 330 cm³/mol. The molecule has 2 aliphatic rings. The number of hydrogen-bond donors (Lipinski definition) is 6. The Morgan fingerprint density at radius 1 is 0.300 bits per heavy atom. The van der Waals surface area contributed by atoms with Gasteiger partial charge in [0, 0.05) is 89.3 Å². The van der Waals surface area contributed by atoms with Gasteiger partial charge in [-0.05, 0) is 119 Å². The van der Waals surface area contributed by atoms with Gasteiger partial charge in [-0.1, -0.05) is 97.1 Å². The van der Waals surface area contributed by atoms with Crippen LogP contribution in [0, 0.1) is 0 Å². The van der Waals surface area contributed by atoms with E-state index in [1.165, 1.54) is 45.3 Å². The molecule has 12 nitrogen and oxygen atoms in total. The SMILES string of the molecule is O=C(Nc1ccccc1-c1c2nc(c(-c3ccccc3NC(=O)c3cccs3)c3ccc([nH]3)c(-c3ccccc3NC(=O)c3cccs3)c3nc(c(-c4ccccc4NC(=O)c4cccs4)c4ccc1[nH]4)C=C3)C=C2)c1cccs1. The van der Waals surface area contributed by atoms with Gasteiger partial charge in [0.15, 0.2) is 0 Å². The van der Waals surface area contributed by atoms with Crippen LogP contribution >= 0.6 is 45.3 Å². The zero-order valence-corrected chi connectivity index (χ0v) is 45.2. The fourth-order valence-electron chi connectivity index (χ4n) is 9.95. The zero-order chi connectivity index (χ0) is 54.1. The van der Waals surface area contributed by atoms with Gasteiger partial charge < -0.3 is 31.2 Å². The highest BCUT2D eigenvalue weighted by Crippen LogP contribution is 2.43. The molecule has 0 spiro atoms. The Balaban J connectivity index is 1.13. The highest BCUT2D eigenvalue weighted by atomic mass is 32.1. The summed E-state index contributed by atoms with van der Waals surface area (Å²) in [4.78, 5) is 76.4. The normalized spacial score (nSPS) is 11.6. The Morgan fingerprint density at radius 2 is 0.537 bits per heavy atom. The van der Waals surface area contributed by atoms with Gasteiger partial charge in [-0.3, -0.25) is 19.2 Å². The summed E-state index contributed by atoms with van der Waals surface area (Å²) in [5.41, 5.74) is 12.9. The van der Waals surface area contributed by atoms with E-state index in [9.17, 15) is 19.2 Å². The van der Waals surface area contributed by atoms with Crippen LogP contribution in [0.2, 0.25) is 0 Å². The Morgan fingerprint density at radius 3 is 0.762 bits per heavy atom. The number of fused-ring (bicyclic) bond motifs is 8. The molecule has 0 radical (unpaired) electrons. The molecule has 4 aromatic carbocycles. The largest absolute Gasteiger partial charge is 0.354 e. The van der Waals surface area contributed by atoms with Crippen LogP contribution < -0.4 is 21.3 Å². The maximum absolute atomic E-state index is 13.9. The molecule has 9 heterocycles. The minimum absolute atomic E-state index is 0.248.